The molecular formula is C18H19N3O3. The van der Waals surface area contributed by atoms with Crippen LogP contribution in [0.25, 0.3) is 11.0 Å². The topological polar surface area (TPSA) is 65.4 Å². The van der Waals surface area contributed by atoms with Crippen LogP contribution in [-0.2, 0) is 13.6 Å². The molecule has 0 saturated heterocycles. The van der Waals surface area contributed by atoms with Crippen LogP contribution in [0.4, 0.5) is 0 Å². The Morgan fingerprint density at radius 3 is 2.42 bits per heavy atom. The lowest BCUT2D eigenvalue weighted by Gasteiger charge is -2.09. The third-order valence-electron chi connectivity index (χ3n) is 3.90. The van der Waals surface area contributed by atoms with Crippen LogP contribution in [0.2, 0.25) is 0 Å². The van der Waals surface area contributed by atoms with Crippen molar-refractivity contribution in [2.45, 2.75) is 6.54 Å². The number of nitrogens with one attached hydrogen (secondary N) is 1. The third-order valence-corrected chi connectivity index (χ3v) is 3.90. The molecule has 1 N–H and O–H groups in total. The lowest BCUT2D eigenvalue weighted by molar-refractivity contribution is 0.0949. The third kappa shape index (κ3) is 3.03. The average Bonchev–Trinajstić information content (AvgIpc) is 2.95. The van der Waals surface area contributed by atoms with Crippen LogP contribution in [0.3, 0.4) is 0 Å². The van der Waals surface area contributed by atoms with Crippen LogP contribution < -0.4 is 14.8 Å². The van der Waals surface area contributed by atoms with Gasteiger partial charge in [-0.3, -0.25) is 4.79 Å². The van der Waals surface area contributed by atoms with Crippen molar-refractivity contribution in [3.63, 3.8) is 0 Å². The summed E-state index contributed by atoms with van der Waals surface area (Å²) in [5, 5.41) is 2.89. The molecule has 1 amide bonds. The molecule has 124 valence electrons. The minimum absolute atomic E-state index is 0.209. The average molecular weight is 325 g/mol. The van der Waals surface area contributed by atoms with Gasteiger partial charge in [-0.1, -0.05) is 12.1 Å². The number of hydrogen-bond acceptors (Lipinski definition) is 4. The Morgan fingerprint density at radius 1 is 1.12 bits per heavy atom. The number of carbonyl (C=O) groups is 1. The molecule has 0 unspecified atom stereocenters. The zero-order valence-electron chi connectivity index (χ0n) is 13.9. The number of para-hydroxylation sites is 2. The van der Waals surface area contributed by atoms with E-state index in [0.717, 1.165) is 16.9 Å². The molecule has 0 spiro atoms. The van der Waals surface area contributed by atoms with Gasteiger partial charge >= 0.3 is 0 Å². The summed E-state index contributed by atoms with van der Waals surface area (Å²) in [6.07, 6.45) is 0. The Hall–Kier alpha value is -3.02. The lowest BCUT2D eigenvalue weighted by Crippen LogP contribution is -2.24. The number of methoxy groups -OCH3 is 2. The molecule has 0 aliphatic heterocycles. The van der Waals surface area contributed by atoms with Crippen molar-refractivity contribution < 1.29 is 14.3 Å². The van der Waals surface area contributed by atoms with Crippen LogP contribution >= 0.6 is 0 Å². The van der Waals surface area contributed by atoms with Crippen molar-refractivity contribution in [2.24, 2.45) is 7.05 Å². The van der Waals surface area contributed by atoms with E-state index < -0.39 is 0 Å². The Bertz CT molecular complexity index is 864. The number of rotatable bonds is 5. The van der Waals surface area contributed by atoms with Gasteiger partial charge in [0.05, 0.1) is 31.8 Å². The number of fused-ring (bicyclic) bond motifs is 1. The molecule has 1 heterocycles. The molecule has 0 bridgehead atoms. The Morgan fingerprint density at radius 2 is 1.79 bits per heavy atom. The van der Waals surface area contributed by atoms with Gasteiger partial charge in [0, 0.05) is 18.7 Å². The number of aryl methyl sites for hydroxylation is 1. The maximum atomic E-state index is 12.4. The van der Waals surface area contributed by atoms with Gasteiger partial charge in [0.1, 0.15) is 17.3 Å². The number of aromatic nitrogens is 2. The van der Waals surface area contributed by atoms with Gasteiger partial charge in [-0.15, -0.1) is 0 Å². The summed E-state index contributed by atoms with van der Waals surface area (Å²) in [6.45, 7) is 0.337. The highest BCUT2D eigenvalue weighted by molar-refractivity contribution is 5.95. The quantitative estimate of drug-likeness (QED) is 0.783. The van der Waals surface area contributed by atoms with Crippen molar-refractivity contribution in [3.8, 4) is 11.5 Å². The van der Waals surface area contributed by atoms with Gasteiger partial charge in [-0.05, 0) is 24.3 Å². The number of imidazole rings is 1. The Labute approximate surface area is 140 Å². The van der Waals surface area contributed by atoms with Crippen LogP contribution in [-0.4, -0.2) is 29.7 Å². The molecule has 0 atom stereocenters. The van der Waals surface area contributed by atoms with Crippen molar-refractivity contribution in [2.75, 3.05) is 14.2 Å². The van der Waals surface area contributed by atoms with E-state index in [0.29, 0.717) is 23.6 Å². The fraction of sp³-hybridized carbons (Fsp3) is 0.222. The second-order valence-corrected chi connectivity index (χ2v) is 5.36. The summed E-state index contributed by atoms with van der Waals surface area (Å²) in [7, 11) is 5.04. The number of benzene rings is 2. The Balaban J connectivity index is 1.78. The Kier molecular flexibility index (Phi) is 4.37. The molecule has 2 aromatic carbocycles. The van der Waals surface area contributed by atoms with Gasteiger partial charge in [-0.25, -0.2) is 4.98 Å². The highest BCUT2D eigenvalue weighted by Crippen LogP contribution is 2.22. The van der Waals surface area contributed by atoms with Crippen molar-refractivity contribution >= 4 is 16.9 Å². The molecule has 0 aliphatic carbocycles. The van der Waals surface area contributed by atoms with Gasteiger partial charge in [-0.2, -0.15) is 0 Å². The van der Waals surface area contributed by atoms with Gasteiger partial charge in [0.15, 0.2) is 0 Å². The summed E-state index contributed by atoms with van der Waals surface area (Å²) in [5.41, 5.74) is 2.42. The molecule has 3 aromatic rings. The highest BCUT2D eigenvalue weighted by Gasteiger charge is 2.12. The number of hydrogen-bond donors (Lipinski definition) is 1. The summed E-state index contributed by atoms with van der Waals surface area (Å²) in [6, 6.07) is 12.9. The van der Waals surface area contributed by atoms with Crippen LogP contribution in [0.15, 0.2) is 42.5 Å². The van der Waals surface area contributed by atoms with Crippen LogP contribution in [0.5, 0.6) is 11.5 Å². The molecule has 0 radical (unpaired) electrons. The number of ether oxygens (including phenoxy) is 2. The van der Waals surface area contributed by atoms with E-state index in [1.807, 2.05) is 35.9 Å². The van der Waals surface area contributed by atoms with E-state index >= 15 is 0 Å². The second kappa shape index (κ2) is 6.62. The minimum atomic E-state index is -0.209. The van der Waals surface area contributed by atoms with Crippen LogP contribution in [0.1, 0.15) is 16.2 Å². The second-order valence-electron chi connectivity index (χ2n) is 5.36. The molecule has 6 heteroatoms. The van der Waals surface area contributed by atoms with Crippen molar-refractivity contribution in [3.05, 3.63) is 53.9 Å². The maximum Gasteiger partial charge on any atom is 0.251 e. The fourth-order valence-electron chi connectivity index (χ4n) is 2.55. The van der Waals surface area contributed by atoms with E-state index in [9.17, 15) is 4.79 Å². The number of nitrogens with zero attached hydrogens (tertiary/aromatic N) is 2. The molecule has 0 fully saturated rings. The molecular weight excluding hydrogens is 306 g/mol. The first-order valence-electron chi connectivity index (χ1n) is 7.54. The van der Waals surface area contributed by atoms with E-state index in [2.05, 4.69) is 10.3 Å². The molecule has 1 aromatic heterocycles. The van der Waals surface area contributed by atoms with E-state index in [1.54, 1.807) is 32.4 Å². The normalized spacial score (nSPS) is 10.6. The number of amides is 1. The smallest absolute Gasteiger partial charge is 0.251 e. The summed E-state index contributed by atoms with van der Waals surface area (Å²) < 4.78 is 12.4. The predicted octanol–water partition coefficient (Wildman–Crippen LogP) is 2.52. The summed E-state index contributed by atoms with van der Waals surface area (Å²) in [4.78, 5) is 17.0. The molecule has 0 saturated carbocycles. The zero-order chi connectivity index (χ0) is 17.1. The zero-order valence-corrected chi connectivity index (χ0v) is 13.9. The maximum absolute atomic E-state index is 12.4. The van der Waals surface area contributed by atoms with Crippen LogP contribution in [0, 0.1) is 0 Å². The molecule has 6 nitrogen and oxygen atoms in total. The van der Waals surface area contributed by atoms with Crippen molar-refractivity contribution in [1.82, 2.24) is 14.9 Å². The molecule has 24 heavy (non-hydrogen) atoms. The SMILES string of the molecule is COc1cc(OC)cc(C(=O)NCc2nc3ccccc3n2C)c1. The first-order chi connectivity index (χ1) is 11.6. The first kappa shape index (κ1) is 15.9. The first-order valence-corrected chi connectivity index (χ1v) is 7.54. The predicted molar refractivity (Wildman–Crippen MR) is 91.4 cm³/mol. The monoisotopic (exact) mass is 325 g/mol. The molecule has 3 rings (SSSR count). The highest BCUT2D eigenvalue weighted by atomic mass is 16.5. The lowest BCUT2D eigenvalue weighted by atomic mass is 10.2. The van der Waals surface area contributed by atoms with E-state index in [4.69, 9.17) is 9.47 Å². The standard InChI is InChI=1S/C18H19N3O3/c1-21-16-7-5-4-6-15(16)20-17(21)11-19-18(22)12-8-13(23-2)10-14(9-12)24-3/h4-10H,11H2,1-3H3,(H,19,22). The van der Waals surface area contributed by atoms with Gasteiger partial charge in [0.25, 0.3) is 5.91 Å². The number of carbonyl (C=O) groups excluding carboxylic acids is 1. The molecule has 0 aliphatic rings. The summed E-state index contributed by atoms with van der Waals surface area (Å²) in [5.74, 6) is 1.73. The van der Waals surface area contributed by atoms with Gasteiger partial charge < -0.3 is 19.4 Å². The fourth-order valence-corrected chi connectivity index (χ4v) is 2.55. The summed E-state index contributed by atoms with van der Waals surface area (Å²) >= 11 is 0. The van der Waals surface area contributed by atoms with Gasteiger partial charge in [0.2, 0.25) is 0 Å². The van der Waals surface area contributed by atoms with E-state index in [1.165, 1.54) is 0 Å². The largest absolute Gasteiger partial charge is 0.497 e. The van der Waals surface area contributed by atoms with Crippen molar-refractivity contribution in [1.29, 1.82) is 0 Å². The van der Waals surface area contributed by atoms with E-state index in [-0.39, 0.29) is 5.91 Å². The minimum Gasteiger partial charge on any atom is -0.497 e.